The highest BCUT2D eigenvalue weighted by molar-refractivity contribution is 7.89. The summed E-state index contributed by atoms with van der Waals surface area (Å²) in [5.74, 6) is -0.345. The van der Waals surface area contributed by atoms with Crippen molar-refractivity contribution in [1.82, 2.24) is 9.62 Å². The number of aryl methyl sites for hydroxylation is 1. The normalized spacial score (nSPS) is 15.1. The van der Waals surface area contributed by atoms with Crippen LogP contribution in [-0.2, 0) is 14.8 Å². The number of carbonyl (C=O) groups excluding carboxylic acids is 1. The van der Waals surface area contributed by atoms with E-state index in [1.165, 1.54) is 12.1 Å². The van der Waals surface area contributed by atoms with Gasteiger partial charge in [0.1, 0.15) is 5.82 Å². The standard InChI is InChI=1S/C22H29FN4O3S/c1-3-22(28)25-18-8-9-21(17(2)16-18)31(29,30)24-10-11-26-12-14-27(15-13-26)20-7-5-4-6-19(20)23/h4-9,16,24H,3,10-15H2,1-2H3,(H,25,28). The van der Waals surface area contributed by atoms with Crippen LogP contribution in [0.5, 0.6) is 0 Å². The molecule has 0 aromatic heterocycles. The van der Waals surface area contributed by atoms with Crippen LogP contribution in [0.1, 0.15) is 18.9 Å². The minimum Gasteiger partial charge on any atom is -0.367 e. The van der Waals surface area contributed by atoms with Gasteiger partial charge in [-0.3, -0.25) is 9.69 Å². The first kappa shape index (κ1) is 23.2. The van der Waals surface area contributed by atoms with Gasteiger partial charge in [-0.1, -0.05) is 19.1 Å². The van der Waals surface area contributed by atoms with Crippen molar-refractivity contribution in [3.63, 3.8) is 0 Å². The van der Waals surface area contributed by atoms with Gasteiger partial charge in [-0.25, -0.2) is 17.5 Å². The number of anilines is 2. The second kappa shape index (κ2) is 10.2. The van der Waals surface area contributed by atoms with E-state index in [1.54, 1.807) is 38.1 Å². The summed E-state index contributed by atoms with van der Waals surface area (Å²) in [4.78, 5) is 15.9. The van der Waals surface area contributed by atoms with E-state index in [9.17, 15) is 17.6 Å². The molecule has 1 amide bonds. The van der Waals surface area contributed by atoms with Gasteiger partial charge in [0.05, 0.1) is 10.6 Å². The first-order chi connectivity index (χ1) is 14.8. The first-order valence-electron chi connectivity index (χ1n) is 10.4. The molecule has 0 bridgehead atoms. The predicted octanol–water partition coefficient (Wildman–Crippen LogP) is 2.58. The molecule has 2 N–H and O–H groups in total. The molecule has 1 heterocycles. The van der Waals surface area contributed by atoms with Crippen LogP contribution in [0.4, 0.5) is 15.8 Å². The maximum absolute atomic E-state index is 14.0. The third-order valence-electron chi connectivity index (χ3n) is 5.35. The summed E-state index contributed by atoms with van der Waals surface area (Å²) in [5.41, 5.74) is 1.76. The van der Waals surface area contributed by atoms with Crippen molar-refractivity contribution in [3.8, 4) is 0 Å². The summed E-state index contributed by atoms with van der Waals surface area (Å²) >= 11 is 0. The van der Waals surface area contributed by atoms with Gasteiger partial charge in [0.2, 0.25) is 15.9 Å². The van der Waals surface area contributed by atoms with Crippen molar-refractivity contribution < 1.29 is 17.6 Å². The quantitative estimate of drug-likeness (QED) is 0.649. The van der Waals surface area contributed by atoms with Crippen LogP contribution in [0.3, 0.4) is 0 Å². The van der Waals surface area contributed by atoms with Crippen LogP contribution in [0.25, 0.3) is 0 Å². The Labute approximate surface area is 183 Å². The highest BCUT2D eigenvalue weighted by Crippen LogP contribution is 2.21. The molecule has 0 atom stereocenters. The van der Waals surface area contributed by atoms with E-state index in [2.05, 4.69) is 14.9 Å². The largest absolute Gasteiger partial charge is 0.367 e. The average molecular weight is 449 g/mol. The molecule has 31 heavy (non-hydrogen) atoms. The smallest absolute Gasteiger partial charge is 0.240 e. The number of para-hydroxylation sites is 1. The molecule has 3 rings (SSSR count). The number of benzene rings is 2. The van der Waals surface area contributed by atoms with Crippen LogP contribution in [0, 0.1) is 12.7 Å². The number of rotatable bonds is 8. The fourth-order valence-corrected chi connectivity index (χ4v) is 4.86. The maximum atomic E-state index is 14.0. The number of sulfonamides is 1. The van der Waals surface area contributed by atoms with Crippen LogP contribution >= 0.6 is 0 Å². The molecular formula is C22H29FN4O3S. The Morgan fingerprint density at radius 2 is 1.81 bits per heavy atom. The Morgan fingerprint density at radius 1 is 1.10 bits per heavy atom. The number of hydrogen-bond donors (Lipinski definition) is 2. The summed E-state index contributed by atoms with van der Waals surface area (Å²) in [6.45, 7) is 7.18. The van der Waals surface area contributed by atoms with E-state index in [0.717, 1.165) is 13.1 Å². The number of amides is 1. The van der Waals surface area contributed by atoms with Gasteiger partial charge in [-0.2, -0.15) is 0 Å². The van der Waals surface area contributed by atoms with Crippen molar-refractivity contribution in [3.05, 3.63) is 53.8 Å². The third kappa shape index (κ3) is 6.03. The van der Waals surface area contributed by atoms with Crippen molar-refractivity contribution >= 4 is 27.3 Å². The zero-order valence-corrected chi connectivity index (χ0v) is 18.7. The zero-order valence-electron chi connectivity index (χ0n) is 17.9. The van der Waals surface area contributed by atoms with Gasteiger partial charge in [0, 0.05) is 51.4 Å². The molecule has 168 valence electrons. The molecule has 0 spiro atoms. The highest BCUT2D eigenvalue weighted by Gasteiger charge is 2.21. The van der Waals surface area contributed by atoms with Gasteiger partial charge in [0.15, 0.2) is 0 Å². The minimum absolute atomic E-state index is 0.122. The average Bonchev–Trinajstić information content (AvgIpc) is 2.74. The summed E-state index contributed by atoms with van der Waals surface area (Å²) in [5, 5.41) is 2.73. The summed E-state index contributed by atoms with van der Waals surface area (Å²) < 4.78 is 42.0. The lowest BCUT2D eigenvalue weighted by molar-refractivity contribution is -0.115. The van der Waals surface area contributed by atoms with Crippen molar-refractivity contribution in [1.29, 1.82) is 0 Å². The van der Waals surface area contributed by atoms with Crippen molar-refractivity contribution in [2.45, 2.75) is 25.2 Å². The van der Waals surface area contributed by atoms with Crippen molar-refractivity contribution in [2.75, 3.05) is 49.5 Å². The monoisotopic (exact) mass is 448 g/mol. The molecule has 0 radical (unpaired) electrons. The summed E-state index contributed by atoms with van der Waals surface area (Å²) in [6.07, 6.45) is 0.356. The highest BCUT2D eigenvalue weighted by atomic mass is 32.2. The van der Waals surface area contributed by atoms with Gasteiger partial charge in [-0.05, 0) is 42.8 Å². The van der Waals surface area contributed by atoms with Crippen molar-refractivity contribution in [2.24, 2.45) is 0 Å². The second-order valence-corrected chi connectivity index (χ2v) is 9.30. The number of halogens is 1. The number of piperazine rings is 1. The number of nitrogens with one attached hydrogen (secondary N) is 2. The molecule has 1 aliphatic rings. The Morgan fingerprint density at radius 3 is 2.45 bits per heavy atom. The number of carbonyl (C=O) groups is 1. The fraction of sp³-hybridized carbons (Fsp3) is 0.409. The molecule has 7 nitrogen and oxygen atoms in total. The van der Waals surface area contributed by atoms with Gasteiger partial charge in [-0.15, -0.1) is 0 Å². The van der Waals surface area contributed by atoms with Gasteiger partial charge in [0.25, 0.3) is 0 Å². The van der Waals surface area contributed by atoms with Crippen LogP contribution < -0.4 is 14.9 Å². The Hall–Kier alpha value is -2.49. The predicted molar refractivity (Wildman–Crippen MR) is 120 cm³/mol. The topological polar surface area (TPSA) is 81.7 Å². The molecule has 2 aromatic rings. The van der Waals surface area contributed by atoms with Gasteiger partial charge >= 0.3 is 0 Å². The SMILES string of the molecule is CCC(=O)Nc1ccc(S(=O)(=O)NCCN2CCN(c3ccccc3F)CC2)c(C)c1. The lowest BCUT2D eigenvalue weighted by Crippen LogP contribution is -2.48. The van der Waals surface area contributed by atoms with Crippen LogP contribution in [0.15, 0.2) is 47.4 Å². The Bertz CT molecular complexity index is 1020. The van der Waals surface area contributed by atoms with E-state index < -0.39 is 10.0 Å². The fourth-order valence-electron chi connectivity index (χ4n) is 3.61. The van der Waals surface area contributed by atoms with E-state index in [1.807, 2.05) is 11.0 Å². The van der Waals surface area contributed by atoms with E-state index in [0.29, 0.717) is 43.0 Å². The molecule has 0 unspecified atom stereocenters. The van der Waals surface area contributed by atoms with E-state index in [4.69, 9.17) is 0 Å². The van der Waals surface area contributed by atoms with Crippen LogP contribution in [-0.4, -0.2) is 58.5 Å². The van der Waals surface area contributed by atoms with E-state index >= 15 is 0 Å². The van der Waals surface area contributed by atoms with Gasteiger partial charge < -0.3 is 10.2 Å². The molecule has 0 aliphatic carbocycles. The van der Waals surface area contributed by atoms with E-state index in [-0.39, 0.29) is 23.2 Å². The molecule has 1 aliphatic heterocycles. The first-order valence-corrected chi connectivity index (χ1v) is 11.9. The second-order valence-electron chi connectivity index (χ2n) is 7.56. The molecule has 2 aromatic carbocycles. The molecule has 0 saturated carbocycles. The number of hydrogen-bond acceptors (Lipinski definition) is 5. The molecule has 1 fully saturated rings. The molecular weight excluding hydrogens is 419 g/mol. The lowest BCUT2D eigenvalue weighted by Gasteiger charge is -2.36. The zero-order chi connectivity index (χ0) is 22.4. The lowest BCUT2D eigenvalue weighted by atomic mass is 10.2. The number of nitrogens with zero attached hydrogens (tertiary/aromatic N) is 2. The Kier molecular flexibility index (Phi) is 7.64. The summed E-state index contributed by atoms with van der Waals surface area (Å²) in [7, 11) is -3.65. The minimum atomic E-state index is -3.65. The maximum Gasteiger partial charge on any atom is 0.240 e. The van der Waals surface area contributed by atoms with Crippen LogP contribution in [0.2, 0.25) is 0 Å². The molecule has 1 saturated heterocycles. The summed E-state index contributed by atoms with van der Waals surface area (Å²) in [6, 6.07) is 11.5. The molecule has 9 heteroatoms. The third-order valence-corrected chi connectivity index (χ3v) is 6.98. The Balaban J connectivity index is 1.50.